The first kappa shape index (κ1) is 14.2. The molecule has 2 N–H and O–H groups in total. The van der Waals surface area contributed by atoms with Crippen LogP contribution in [0.2, 0.25) is 0 Å². The quantitative estimate of drug-likeness (QED) is 0.855. The first-order chi connectivity index (χ1) is 9.26. The van der Waals surface area contributed by atoms with Gasteiger partial charge in [-0.3, -0.25) is 4.90 Å². The van der Waals surface area contributed by atoms with Crippen LogP contribution in [-0.2, 0) is 0 Å². The molecule has 1 aromatic carbocycles. The number of unbranched alkanes of at least 4 members (excludes halogenated alkanes) is 1. The Morgan fingerprint density at radius 1 is 1.26 bits per heavy atom. The number of benzene rings is 1. The van der Waals surface area contributed by atoms with Gasteiger partial charge in [-0.1, -0.05) is 19.4 Å². The maximum Gasteiger partial charge on any atom is 0.161 e. The molecular formula is C15H24N2O2. The van der Waals surface area contributed by atoms with Crippen molar-refractivity contribution in [2.45, 2.75) is 25.8 Å². The van der Waals surface area contributed by atoms with Crippen LogP contribution >= 0.6 is 0 Å². The second kappa shape index (κ2) is 6.78. The van der Waals surface area contributed by atoms with E-state index in [1.54, 1.807) is 0 Å². The van der Waals surface area contributed by atoms with Gasteiger partial charge in [0, 0.05) is 12.6 Å². The monoisotopic (exact) mass is 264 g/mol. The molecule has 1 aliphatic heterocycles. The van der Waals surface area contributed by atoms with E-state index in [1.807, 2.05) is 6.07 Å². The SMILES string of the molecule is CCCCN(C)C(CN)c1ccc2c(c1)OCCO2. The molecule has 1 aliphatic rings. The third kappa shape index (κ3) is 3.39. The van der Waals surface area contributed by atoms with Crippen molar-refractivity contribution in [1.82, 2.24) is 4.90 Å². The first-order valence-corrected chi connectivity index (χ1v) is 7.06. The summed E-state index contributed by atoms with van der Waals surface area (Å²) in [6.45, 7) is 5.13. The molecule has 0 amide bonds. The van der Waals surface area contributed by atoms with E-state index in [-0.39, 0.29) is 6.04 Å². The van der Waals surface area contributed by atoms with Gasteiger partial charge in [0.2, 0.25) is 0 Å². The fourth-order valence-electron chi connectivity index (χ4n) is 2.40. The highest BCUT2D eigenvalue weighted by molar-refractivity contribution is 5.44. The molecule has 1 heterocycles. The van der Waals surface area contributed by atoms with Crippen LogP contribution in [0.4, 0.5) is 0 Å². The standard InChI is InChI=1S/C15H24N2O2/c1-3-4-7-17(2)13(11-16)12-5-6-14-15(10-12)19-9-8-18-14/h5-6,10,13H,3-4,7-9,11,16H2,1-2H3. The molecule has 4 heteroatoms. The average Bonchev–Trinajstić information content (AvgIpc) is 2.45. The van der Waals surface area contributed by atoms with E-state index in [2.05, 4.69) is 31.0 Å². The lowest BCUT2D eigenvalue weighted by atomic mass is 10.0. The lowest BCUT2D eigenvalue weighted by Gasteiger charge is -2.28. The minimum atomic E-state index is 0.238. The Balaban J connectivity index is 2.13. The Hall–Kier alpha value is -1.26. The van der Waals surface area contributed by atoms with Gasteiger partial charge in [0.05, 0.1) is 0 Å². The Labute approximate surface area is 115 Å². The van der Waals surface area contributed by atoms with E-state index in [1.165, 1.54) is 18.4 Å². The lowest BCUT2D eigenvalue weighted by Crippen LogP contribution is -2.31. The Morgan fingerprint density at radius 3 is 2.68 bits per heavy atom. The molecule has 0 saturated heterocycles. The summed E-state index contributed by atoms with van der Waals surface area (Å²) in [5, 5.41) is 0. The van der Waals surface area contributed by atoms with Crippen molar-refractivity contribution in [3.05, 3.63) is 23.8 Å². The molecule has 1 aromatic rings. The number of hydrogen-bond acceptors (Lipinski definition) is 4. The first-order valence-electron chi connectivity index (χ1n) is 7.06. The number of likely N-dealkylation sites (N-methyl/N-ethyl adjacent to an activating group) is 1. The molecule has 1 unspecified atom stereocenters. The number of hydrogen-bond donors (Lipinski definition) is 1. The van der Waals surface area contributed by atoms with Gasteiger partial charge in [-0.25, -0.2) is 0 Å². The van der Waals surface area contributed by atoms with Crippen molar-refractivity contribution in [1.29, 1.82) is 0 Å². The second-order valence-electron chi connectivity index (χ2n) is 4.99. The number of rotatable bonds is 6. The van der Waals surface area contributed by atoms with E-state index in [0.29, 0.717) is 19.8 Å². The van der Waals surface area contributed by atoms with Gasteiger partial charge in [0.15, 0.2) is 11.5 Å². The summed E-state index contributed by atoms with van der Waals surface area (Å²) < 4.78 is 11.2. The van der Waals surface area contributed by atoms with Gasteiger partial charge in [-0.2, -0.15) is 0 Å². The maximum absolute atomic E-state index is 5.94. The van der Waals surface area contributed by atoms with Crippen molar-refractivity contribution < 1.29 is 9.47 Å². The molecule has 0 bridgehead atoms. The van der Waals surface area contributed by atoms with Crippen molar-refractivity contribution in [3.63, 3.8) is 0 Å². The second-order valence-corrected chi connectivity index (χ2v) is 4.99. The summed E-state index contributed by atoms with van der Waals surface area (Å²) in [6, 6.07) is 6.38. The molecular weight excluding hydrogens is 240 g/mol. The smallest absolute Gasteiger partial charge is 0.161 e. The summed E-state index contributed by atoms with van der Waals surface area (Å²) in [5.74, 6) is 1.67. The van der Waals surface area contributed by atoms with Crippen LogP contribution in [0.25, 0.3) is 0 Å². The van der Waals surface area contributed by atoms with Crippen LogP contribution in [0, 0.1) is 0 Å². The van der Waals surface area contributed by atoms with Crippen molar-refractivity contribution in [2.24, 2.45) is 5.73 Å². The zero-order chi connectivity index (χ0) is 13.7. The summed E-state index contributed by atoms with van der Waals surface area (Å²) in [6.07, 6.45) is 2.39. The maximum atomic E-state index is 5.94. The zero-order valence-corrected chi connectivity index (χ0v) is 11.9. The van der Waals surface area contributed by atoms with Crippen molar-refractivity contribution in [2.75, 3.05) is 33.4 Å². The van der Waals surface area contributed by atoms with E-state index in [9.17, 15) is 0 Å². The number of nitrogens with two attached hydrogens (primary N) is 1. The van der Waals surface area contributed by atoms with E-state index in [0.717, 1.165) is 18.0 Å². The van der Waals surface area contributed by atoms with Crippen molar-refractivity contribution in [3.8, 4) is 11.5 Å². The highest BCUT2D eigenvalue weighted by Crippen LogP contribution is 2.33. The Bertz CT molecular complexity index is 409. The lowest BCUT2D eigenvalue weighted by molar-refractivity contribution is 0.170. The molecule has 0 fully saturated rings. The van der Waals surface area contributed by atoms with Gasteiger partial charge in [-0.05, 0) is 37.7 Å². The normalized spacial score (nSPS) is 15.6. The molecule has 4 nitrogen and oxygen atoms in total. The number of fused-ring (bicyclic) bond motifs is 1. The Kier molecular flexibility index (Phi) is 5.05. The molecule has 0 saturated carbocycles. The molecule has 0 aliphatic carbocycles. The predicted octanol–water partition coefficient (Wildman–Crippen LogP) is 2.19. The Morgan fingerprint density at radius 2 is 2.00 bits per heavy atom. The van der Waals surface area contributed by atoms with Crippen LogP contribution in [0.5, 0.6) is 11.5 Å². The molecule has 106 valence electrons. The van der Waals surface area contributed by atoms with E-state index < -0.39 is 0 Å². The highest BCUT2D eigenvalue weighted by Gasteiger charge is 2.18. The molecule has 2 rings (SSSR count). The largest absolute Gasteiger partial charge is 0.486 e. The van der Waals surface area contributed by atoms with Gasteiger partial charge in [0.25, 0.3) is 0 Å². The van der Waals surface area contributed by atoms with E-state index >= 15 is 0 Å². The topological polar surface area (TPSA) is 47.7 Å². The predicted molar refractivity (Wildman–Crippen MR) is 76.8 cm³/mol. The number of nitrogens with zero attached hydrogens (tertiary/aromatic N) is 1. The van der Waals surface area contributed by atoms with Crippen LogP contribution < -0.4 is 15.2 Å². The van der Waals surface area contributed by atoms with Crippen LogP contribution in [0.3, 0.4) is 0 Å². The third-order valence-electron chi connectivity index (χ3n) is 3.57. The van der Waals surface area contributed by atoms with Crippen molar-refractivity contribution >= 4 is 0 Å². The van der Waals surface area contributed by atoms with Crippen LogP contribution in [-0.4, -0.2) is 38.3 Å². The average molecular weight is 264 g/mol. The molecule has 19 heavy (non-hydrogen) atoms. The minimum Gasteiger partial charge on any atom is -0.486 e. The summed E-state index contributed by atoms with van der Waals surface area (Å²) >= 11 is 0. The fraction of sp³-hybridized carbons (Fsp3) is 0.600. The van der Waals surface area contributed by atoms with Crippen LogP contribution in [0.15, 0.2) is 18.2 Å². The summed E-state index contributed by atoms with van der Waals surface area (Å²) in [4.78, 5) is 2.31. The molecule has 1 atom stereocenters. The third-order valence-corrected chi connectivity index (χ3v) is 3.57. The zero-order valence-electron chi connectivity index (χ0n) is 11.9. The van der Waals surface area contributed by atoms with Gasteiger partial charge in [0.1, 0.15) is 13.2 Å². The molecule has 0 radical (unpaired) electrons. The van der Waals surface area contributed by atoms with Gasteiger partial charge >= 0.3 is 0 Å². The van der Waals surface area contributed by atoms with Gasteiger partial charge in [-0.15, -0.1) is 0 Å². The fourth-order valence-corrected chi connectivity index (χ4v) is 2.40. The van der Waals surface area contributed by atoms with E-state index in [4.69, 9.17) is 15.2 Å². The van der Waals surface area contributed by atoms with Gasteiger partial charge < -0.3 is 15.2 Å². The van der Waals surface area contributed by atoms with Crippen LogP contribution in [0.1, 0.15) is 31.4 Å². The molecule has 0 aromatic heterocycles. The summed E-state index contributed by atoms with van der Waals surface area (Å²) in [5.41, 5.74) is 7.14. The number of ether oxygens (including phenoxy) is 2. The highest BCUT2D eigenvalue weighted by atomic mass is 16.6. The minimum absolute atomic E-state index is 0.238. The summed E-state index contributed by atoms with van der Waals surface area (Å²) in [7, 11) is 2.13. The molecule has 0 spiro atoms.